The van der Waals surface area contributed by atoms with Gasteiger partial charge in [-0.1, -0.05) is 54.5 Å². The molecule has 15 heavy (non-hydrogen) atoms. The van der Waals surface area contributed by atoms with Gasteiger partial charge in [0.1, 0.15) is 0 Å². The number of benzene rings is 1. The lowest BCUT2D eigenvalue weighted by molar-refractivity contribution is 1.10. The van der Waals surface area contributed by atoms with Crippen molar-refractivity contribution in [3.8, 4) is 0 Å². The summed E-state index contributed by atoms with van der Waals surface area (Å²) in [6.07, 6.45) is 5.52. The van der Waals surface area contributed by atoms with Crippen molar-refractivity contribution < 1.29 is 0 Å². The Balaban J connectivity index is 2.85. The second-order valence-electron chi connectivity index (χ2n) is 4.08. The molecule has 1 aromatic carbocycles. The largest absolute Gasteiger partial charge is 0.0736 e. The summed E-state index contributed by atoms with van der Waals surface area (Å²) in [5.74, 6) is 0. The number of allylic oxidation sites excluding steroid dienone is 4. The zero-order chi connectivity index (χ0) is 11.3. The topological polar surface area (TPSA) is 0 Å². The molecule has 0 spiro atoms. The molecular weight excluding hydrogens is 180 g/mol. The number of aryl methyl sites for hydroxylation is 1. The van der Waals surface area contributed by atoms with Crippen molar-refractivity contribution in [3.05, 3.63) is 53.1 Å². The van der Waals surface area contributed by atoms with Crippen LogP contribution in [0.5, 0.6) is 0 Å². The highest BCUT2D eigenvalue weighted by Crippen LogP contribution is 2.15. The molecule has 0 bridgehead atoms. The predicted molar refractivity (Wildman–Crippen MR) is 68.9 cm³/mol. The summed E-state index contributed by atoms with van der Waals surface area (Å²) in [7, 11) is 0. The van der Waals surface area contributed by atoms with Gasteiger partial charge in [0.15, 0.2) is 0 Å². The lowest BCUT2D eigenvalue weighted by atomic mass is 10.0. The zero-order valence-electron chi connectivity index (χ0n) is 10.2. The molecule has 0 fully saturated rings. The Morgan fingerprint density at radius 1 is 1.07 bits per heavy atom. The molecule has 0 saturated heterocycles. The Bertz CT molecular complexity index is 364. The fraction of sp³-hybridized carbons (Fsp3) is 0.333. The lowest BCUT2D eigenvalue weighted by Gasteiger charge is -2.01. The van der Waals surface area contributed by atoms with Crippen LogP contribution in [-0.2, 0) is 0 Å². The van der Waals surface area contributed by atoms with Crippen molar-refractivity contribution in [1.82, 2.24) is 0 Å². The summed E-state index contributed by atoms with van der Waals surface area (Å²) in [6.45, 7) is 8.62. The first-order valence-electron chi connectivity index (χ1n) is 5.54. The summed E-state index contributed by atoms with van der Waals surface area (Å²) in [5.41, 5.74) is 5.36. The van der Waals surface area contributed by atoms with Crippen molar-refractivity contribution in [2.45, 2.75) is 34.1 Å². The van der Waals surface area contributed by atoms with E-state index in [-0.39, 0.29) is 0 Å². The van der Waals surface area contributed by atoms with Crippen molar-refractivity contribution in [2.75, 3.05) is 0 Å². The van der Waals surface area contributed by atoms with Crippen LogP contribution in [0.2, 0.25) is 0 Å². The van der Waals surface area contributed by atoms with Gasteiger partial charge in [-0.2, -0.15) is 0 Å². The second-order valence-corrected chi connectivity index (χ2v) is 4.08. The van der Waals surface area contributed by atoms with Crippen molar-refractivity contribution >= 4 is 5.57 Å². The van der Waals surface area contributed by atoms with Crippen molar-refractivity contribution in [3.63, 3.8) is 0 Å². The number of rotatable bonds is 3. The molecule has 0 heterocycles. The quantitative estimate of drug-likeness (QED) is 0.617. The molecule has 0 aliphatic carbocycles. The van der Waals surface area contributed by atoms with E-state index < -0.39 is 0 Å². The lowest BCUT2D eigenvalue weighted by Crippen LogP contribution is -1.79. The SMILES string of the molecule is CC/C(C)=C\C=C(/C)c1ccc(C)cc1. The Kier molecular flexibility index (Phi) is 4.36. The van der Waals surface area contributed by atoms with E-state index in [0.29, 0.717) is 0 Å². The maximum Gasteiger partial charge on any atom is -0.0227 e. The molecule has 0 heteroatoms. The molecule has 0 aliphatic rings. The van der Waals surface area contributed by atoms with Gasteiger partial charge in [0, 0.05) is 0 Å². The van der Waals surface area contributed by atoms with Gasteiger partial charge in [-0.15, -0.1) is 0 Å². The summed E-state index contributed by atoms with van der Waals surface area (Å²) in [6, 6.07) is 8.67. The Labute approximate surface area is 93.3 Å². The van der Waals surface area contributed by atoms with Crippen molar-refractivity contribution in [2.24, 2.45) is 0 Å². The Morgan fingerprint density at radius 3 is 2.20 bits per heavy atom. The molecule has 0 amide bonds. The van der Waals surface area contributed by atoms with E-state index in [2.05, 4.69) is 64.1 Å². The number of hydrogen-bond donors (Lipinski definition) is 0. The van der Waals surface area contributed by atoms with Crippen LogP contribution in [0.25, 0.3) is 5.57 Å². The maximum absolute atomic E-state index is 2.20. The van der Waals surface area contributed by atoms with Gasteiger partial charge in [0.2, 0.25) is 0 Å². The molecule has 0 unspecified atom stereocenters. The smallest absolute Gasteiger partial charge is 0.0227 e. The maximum atomic E-state index is 2.20. The first-order chi connectivity index (χ1) is 7.13. The average molecular weight is 200 g/mol. The monoisotopic (exact) mass is 200 g/mol. The van der Waals surface area contributed by atoms with Crippen LogP contribution < -0.4 is 0 Å². The molecule has 0 aliphatic heterocycles. The van der Waals surface area contributed by atoms with Gasteiger partial charge in [-0.05, 0) is 38.3 Å². The van der Waals surface area contributed by atoms with E-state index in [4.69, 9.17) is 0 Å². The molecule has 80 valence electrons. The van der Waals surface area contributed by atoms with Crippen LogP contribution in [0.1, 0.15) is 38.3 Å². The van der Waals surface area contributed by atoms with E-state index in [0.717, 1.165) is 6.42 Å². The van der Waals surface area contributed by atoms with E-state index >= 15 is 0 Å². The molecule has 0 aromatic heterocycles. The van der Waals surface area contributed by atoms with E-state index in [1.165, 1.54) is 22.3 Å². The molecule has 0 atom stereocenters. The fourth-order valence-corrected chi connectivity index (χ4v) is 1.30. The first kappa shape index (κ1) is 11.8. The Morgan fingerprint density at radius 2 is 1.67 bits per heavy atom. The van der Waals surface area contributed by atoms with Crippen LogP contribution >= 0.6 is 0 Å². The molecule has 1 rings (SSSR count). The molecule has 0 saturated carbocycles. The minimum atomic E-state index is 1.12. The zero-order valence-corrected chi connectivity index (χ0v) is 10.2. The highest BCUT2D eigenvalue weighted by atomic mass is 14.0. The van der Waals surface area contributed by atoms with Gasteiger partial charge in [0.05, 0.1) is 0 Å². The molecule has 1 aromatic rings. The first-order valence-corrected chi connectivity index (χ1v) is 5.54. The van der Waals surface area contributed by atoms with Crippen LogP contribution in [0.15, 0.2) is 42.0 Å². The number of hydrogen-bond acceptors (Lipinski definition) is 0. The highest BCUT2D eigenvalue weighted by molar-refractivity contribution is 5.65. The van der Waals surface area contributed by atoms with Crippen molar-refractivity contribution in [1.29, 1.82) is 0 Å². The summed E-state index contributed by atoms with van der Waals surface area (Å²) in [5, 5.41) is 0. The second kappa shape index (κ2) is 5.55. The third-order valence-corrected chi connectivity index (χ3v) is 2.68. The third kappa shape index (κ3) is 3.75. The molecule has 0 N–H and O–H groups in total. The van der Waals surface area contributed by atoms with Crippen LogP contribution in [-0.4, -0.2) is 0 Å². The van der Waals surface area contributed by atoms with Gasteiger partial charge in [-0.3, -0.25) is 0 Å². The minimum absolute atomic E-state index is 1.12. The van der Waals surface area contributed by atoms with Gasteiger partial charge < -0.3 is 0 Å². The standard InChI is InChI=1S/C15H20/c1-5-12(2)6-9-14(4)15-10-7-13(3)8-11-15/h6-11H,5H2,1-4H3/b12-6-,14-9+. The summed E-state index contributed by atoms with van der Waals surface area (Å²) in [4.78, 5) is 0. The fourth-order valence-electron chi connectivity index (χ4n) is 1.30. The highest BCUT2D eigenvalue weighted by Gasteiger charge is 1.93. The van der Waals surface area contributed by atoms with Gasteiger partial charge in [-0.25, -0.2) is 0 Å². The Hall–Kier alpha value is -1.30. The third-order valence-electron chi connectivity index (χ3n) is 2.68. The van der Waals surface area contributed by atoms with E-state index in [1.807, 2.05) is 0 Å². The normalized spacial score (nSPS) is 13.1. The predicted octanol–water partition coefficient (Wildman–Crippen LogP) is 4.75. The average Bonchev–Trinajstić information content (AvgIpc) is 2.26. The van der Waals surface area contributed by atoms with E-state index in [9.17, 15) is 0 Å². The minimum Gasteiger partial charge on any atom is -0.0736 e. The van der Waals surface area contributed by atoms with Gasteiger partial charge in [0.25, 0.3) is 0 Å². The summed E-state index contributed by atoms with van der Waals surface area (Å²) >= 11 is 0. The molecular formula is C15H20. The van der Waals surface area contributed by atoms with Gasteiger partial charge >= 0.3 is 0 Å². The summed E-state index contributed by atoms with van der Waals surface area (Å²) < 4.78 is 0. The van der Waals surface area contributed by atoms with Crippen LogP contribution in [0, 0.1) is 6.92 Å². The van der Waals surface area contributed by atoms with Crippen LogP contribution in [0.3, 0.4) is 0 Å². The molecule has 0 nitrogen and oxygen atoms in total. The van der Waals surface area contributed by atoms with Crippen LogP contribution in [0.4, 0.5) is 0 Å². The molecule has 0 radical (unpaired) electrons. The van der Waals surface area contributed by atoms with E-state index in [1.54, 1.807) is 0 Å².